The Morgan fingerprint density at radius 2 is 1.69 bits per heavy atom. The number of carbonyl (C=O) groups is 2. The highest BCUT2D eigenvalue weighted by molar-refractivity contribution is 7.91. The van der Waals surface area contributed by atoms with Gasteiger partial charge >= 0.3 is 0 Å². The lowest BCUT2D eigenvalue weighted by Crippen LogP contribution is -2.31. The molecule has 6 heteroatoms. The van der Waals surface area contributed by atoms with E-state index in [1.165, 1.54) is 35.4 Å². The van der Waals surface area contributed by atoms with Crippen molar-refractivity contribution in [1.29, 1.82) is 0 Å². The maximum atomic E-state index is 13.5. The first-order valence-corrected chi connectivity index (χ1v) is 12.2. The van der Waals surface area contributed by atoms with E-state index in [-0.39, 0.29) is 44.2 Å². The summed E-state index contributed by atoms with van der Waals surface area (Å²) in [6.07, 6.45) is 1.75. The van der Waals surface area contributed by atoms with E-state index in [2.05, 4.69) is 26.0 Å². The van der Waals surface area contributed by atoms with E-state index in [0.29, 0.717) is 6.54 Å². The van der Waals surface area contributed by atoms with Crippen LogP contribution < -0.4 is 0 Å². The van der Waals surface area contributed by atoms with Crippen LogP contribution in [0.2, 0.25) is 0 Å². The van der Waals surface area contributed by atoms with Gasteiger partial charge in [0.25, 0.3) is 5.91 Å². The number of ketones is 1. The topological polar surface area (TPSA) is 71.5 Å². The first kappa shape index (κ1) is 20.6. The average molecular weight is 446 g/mol. The minimum absolute atomic E-state index is 0.00321. The molecular formula is C26H23NO4S. The van der Waals surface area contributed by atoms with Gasteiger partial charge in [-0.15, -0.1) is 0 Å². The van der Waals surface area contributed by atoms with Gasteiger partial charge in [0.05, 0.1) is 15.8 Å². The lowest BCUT2D eigenvalue weighted by molar-refractivity contribution is 0.0734. The van der Waals surface area contributed by atoms with Crippen molar-refractivity contribution in [1.82, 2.24) is 4.90 Å². The molecule has 5 rings (SSSR count). The van der Waals surface area contributed by atoms with Crippen molar-refractivity contribution >= 4 is 21.5 Å². The van der Waals surface area contributed by atoms with Gasteiger partial charge in [-0.3, -0.25) is 9.59 Å². The Bertz CT molecular complexity index is 1390. The largest absolute Gasteiger partial charge is 0.332 e. The van der Waals surface area contributed by atoms with Crippen molar-refractivity contribution < 1.29 is 18.0 Å². The number of sulfone groups is 1. The highest BCUT2D eigenvalue weighted by Gasteiger charge is 2.37. The van der Waals surface area contributed by atoms with Crippen LogP contribution in [0.3, 0.4) is 0 Å². The van der Waals surface area contributed by atoms with Gasteiger partial charge in [0.15, 0.2) is 5.78 Å². The van der Waals surface area contributed by atoms with Crippen LogP contribution in [0.1, 0.15) is 61.9 Å². The number of fused-ring (bicyclic) bond motifs is 2. The summed E-state index contributed by atoms with van der Waals surface area (Å²) >= 11 is 0. The molecule has 0 bridgehead atoms. The van der Waals surface area contributed by atoms with E-state index in [1.54, 1.807) is 18.2 Å². The van der Waals surface area contributed by atoms with Crippen LogP contribution in [0.15, 0.2) is 70.5 Å². The first-order chi connectivity index (χ1) is 15.3. The average Bonchev–Trinajstić information content (AvgIpc) is 3.28. The van der Waals surface area contributed by atoms with Gasteiger partial charge in [-0.2, -0.15) is 0 Å². The summed E-state index contributed by atoms with van der Waals surface area (Å²) in [6.45, 7) is 4.74. The molecule has 0 saturated carbocycles. The fourth-order valence-electron chi connectivity index (χ4n) is 4.85. The van der Waals surface area contributed by atoms with Crippen LogP contribution in [0.5, 0.6) is 0 Å². The summed E-state index contributed by atoms with van der Waals surface area (Å²) in [4.78, 5) is 28.1. The predicted molar refractivity (Wildman–Crippen MR) is 121 cm³/mol. The van der Waals surface area contributed by atoms with Crippen molar-refractivity contribution in [3.05, 3.63) is 94.0 Å². The maximum absolute atomic E-state index is 13.5. The zero-order chi connectivity index (χ0) is 22.6. The molecule has 0 aliphatic carbocycles. The Balaban J connectivity index is 1.56. The minimum Gasteiger partial charge on any atom is -0.332 e. The Hall–Kier alpha value is -3.25. The monoisotopic (exact) mass is 445 g/mol. The van der Waals surface area contributed by atoms with Gasteiger partial charge < -0.3 is 4.90 Å². The molecule has 1 atom stereocenters. The van der Waals surface area contributed by atoms with E-state index in [9.17, 15) is 18.0 Å². The van der Waals surface area contributed by atoms with Crippen LogP contribution in [-0.2, 0) is 9.84 Å². The highest BCUT2D eigenvalue weighted by Crippen LogP contribution is 2.38. The summed E-state index contributed by atoms with van der Waals surface area (Å²) in [5, 5.41) is 0. The number of amides is 1. The molecule has 32 heavy (non-hydrogen) atoms. The van der Waals surface area contributed by atoms with E-state index >= 15 is 0 Å². The SMILES string of the molecule is Cc1cccc(C2CCCN2C(=O)c2ccc3c(c2)S(=O)(=O)c2ccccc2C3=O)c1C. The first-order valence-electron chi connectivity index (χ1n) is 10.7. The maximum Gasteiger partial charge on any atom is 0.254 e. The molecule has 0 N–H and O–H groups in total. The van der Waals surface area contributed by atoms with E-state index < -0.39 is 9.84 Å². The number of benzene rings is 3. The summed E-state index contributed by atoms with van der Waals surface area (Å²) in [5.74, 6) is -0.545. The standard InChI is InChI=1S/C26H23NO4S/c1-16-7-5-9-19(17(16)2)22-10-6-14-27(22)26(29)18-12-13-21-24(15-18)32(30,31)23-11-4-3-8-20(23)25(21)28/h3-5,7-9,11-13,15,22H,6,10,14H2,1-2H3. The zero-order valence-corrected chi connectivity index (χ0v) is 18.8. The number of hydrogen-bond acceptors (Lipinski definition) is 4. The van der Waals surface area contributed by atoms with Crippen LogP contribution in [0.4, 0.5) is 0 Å². The second-order valence-corrected chi connectivity index (χ2v) is 10.4. The summed E-state index contributed by atoms with van der Waals surface area (Å²) in [7, 11) is -3.88. The number of rotatable bonds is 2. The Labute approximate surface area is 187 Å². The molecule has 2 heterocycles. The van der Waals surface area contributed by atoms with E-state index in [4.69, 9.17) is 0 Å². The fraction of sp³-hybridized carbons (Fsp3) is 0.231. The van der Waals surface area contributed by atoms with Crippen molar-refractivity contribution in [2.24, 2.45) is 0 Å². The van der Waals surface area contributed by atoms with Crippen LogP contribution in [-0.4, -0.2) is 31.6 Å². The number of carbonyl (C=O) groups excluding carboxylic acids is 2. The van der Waals surface area contributed by atoms with Crippen LogP contribution in [0, 0.1) is 13.8 Å². The molecule has 0 aromatic heterocycles. The van der Waals surface area contributed by atoms with Gasteiger partial charge in [0, 0.05) is 23.2 Å². The van der Waals surface area contributed by atoms with Gasteiger partial charge in [0.2, 0.25) is 9.84 Å². The molecule has 0 radical (unpaired) electrons. The third-order valence-electron chi connectivity index (χ3n) is 6.70. The summed E-state index contributed by atoms with van der Waals surface area (Å²) in [6, 6.07) is 16.7. The van der Waals surface area contributed by atoms with Gasteiger partial charge in [-0.05, 0) is 73.7 Å². The van der Waals surface area contributed by atoms with E-state index in [0.717, 1.165) is 18.4 Å². The summed E-state index contributed by atoms with van der Waals surface area (Å²) in [5.41, 5.74) is 4.06. The van der Waals surface area contributed by atoms with Crippen molar-refractivity contribution in [3.8, 4) is 0 Å². The number of aryl methyl sites for hydroxylation is 1. The Morgan fingerprint density at radius 1 is 0.938 bits per heavy atom. The molecule has 1 amide bonds. The minimum atomic E-state index is -3.88. The van der Waals surface area contributed by atoms with Crippen molar-refractivity contribution in [2.75, 3.05) is 6.54 Å². The number of hydrogen-bond donors (Lipinski definition) is 0. The molecule has 1 fully saturated rings. The molecule has 162 valence electrons. The molecule has 1 saturated heterocycles. The van der Waals surface area contributed by atoms with Gasteiger partial charge in [0.1, 0.15) is 0 Å². The lowest BCUT2D eigenvalue weighted by Gasteiger charge is -2.27. The van der Waals surface area contributed by atoms with Gasteiger partial charge in [-0.25, -0.2) is 8.42 Å². The van der Waals surface area contributed by atoms with Crippen LogP contribution >= 0.6 is 0 Å². The quantitative estimate of drug-likeness (QED) is 0.450. The molecule has 5 nitrogen and oxygen atoms in total. The molecule has 3 aromatic rings. The third kappa shape index (κ3) is 3.01. The molecule has 0 spiro atoms. The van der Waals surface area contributed by atoms with E-state index in [1.807, 2.05) is 11.0 Å². The van der Waals surface area contributed by atoms with Gasteiger partial charge in [-0.1, -0.05) is 30.3 Å². The number of nitrogens with zero attached hydrogens (tertiary/aromatic N) is 1. The molecule has 1 unspecified atom stereocenters. The fourth-order valence-corrected chi connectivity index (χ4v) is 6.53. The number of likely N-dealkylation sites (tertiary alicyclic amines) is 1. The molecule has 2 aliphatic heterocycles. The Morgan fingerprint density at radius 3 is 2.50 bits per heavy atom. The third-order valence-corrected chi connectivity index (χ3v) is 8.55. The van der Waals surface area contributed by atoms with Crippen molar-refractivity contribution in [2.45, 2.75) is 42.5 Å². The smallest absolute Gasteiger partial charge is 0.254 e. The van der Waals surface area contributed by atoms with Crippen molar-refractivity contribution in [3.63, 3.8) is 0 Å². The van der Waals surface area contributed by atoms with Crippen LogP contribution in [0.25, 0.3) is 0 Å². The zero-order valence-electron chi connectivity index (χ0n) is 18.0. The highest BCUT2D eigenvalue weighted by atomic mass is 32.2. The second kappa shape index (κ2) is 7.41. The lowest BCUT2D eigenvalue weighted by atomic mass is 9.95. The molecule has 2 aliphatic rings. The summed E-state index contributed by atoms with van der Waals surface area (Å²) < 4.78 is 26.5. The Kier molecular flexibility index (Phi) is 4.78. The second-order valence-electron chi connectivity index (χ2n) is 8.49. The predicted octanol–water partition coefficient (Wildman–Crippen LogP) is 4.66. The molecule has 3 aromatic carbocycles. The molecular weight excluding hydrogens is 422 g/mol. The normalized spacial score (nSPS) is 18.9.